The van der Waals surface area contributed by atoms with Gasteiger partial charge in [0.05, 0.1) is 13.7 Å². The van der Waals surface area contributed by atoms with Crippen molar-refractivity contribution in [3.05, 3.63) is 86.8 Å². The number of aryl methyl sites for hydroxylation is 1. The number of H-pyrrole nitrogens is 1. The average molecular weight is 487 g/mol. The molecule has 184 valence electrons. The number of nitrogens with one attached hydrogen (secondary N) is 1. The summed E-state index contributed by atoms with van der Waals surface area (Å²) >= 11 is 0. The lowest BCUT2D eigenvalue weighted by atomic mass is 10.2. The van der Waals surface area contributed by atoms with Crippen LogP contribution in [0.15, 0.2) is 64.2 Å². The Labute approximate surface area is 206 Å². The van der Waals surface area contributed by atoms with Gasteiger partial charge in [-0.15, -0.1) is 10.2 Å². The summed E-state index contributed by atoms with van der Waals surface area (Å²) in [6, 6.07) is 17.0. The van der Waals surface area contributed by atoms with Crippen LogP contribution in [0.25, 0.3) is 22.6 Å². The molecule has 0 aliphatic rings. The molecule has 0 aliphatic heterocycles. The fraction of sp³-hybridized carbons (Fsp3) is 0.280. The van der Waals surface area contributed by atoms with Gasteiger partial charge in [-0.25, -0.2) is 9.78 Å². The first-order valence-corrected chi connectivity index (χ1v) is 11.8. The van der Waals surface area contributed by atoms with Crippen LogP contribution in [0.2, 0.25) is 0 Å². The highest BCUT2D eigenvalue weighted by atomic mass is 16.5. The van der Waals surface area contributed by atoms with Crippen molar-refractivity contribution in [1.29, 1.82) is 0 Å². The van der Waals surface area contributed by atoms with Crippen LogP contribution in [0.1, 0.15) is 31.2 Å². The molecule has 3 heterocycles. The number of methoxy groups -OCH3 is 1. The summed E-state index contributed by atoms with van der Waals surface area (Å²) in [6.45, 7) is 3.13. The van der Waals surface area contributed by atoms with Gasteiger partial charge in [-0.2, -0.15) is 4.80 Å². The number of aromatic amines is 1. The maximum Gasteiger partial charge on any atom is 0.330 e. The van der Waals surface area contributed by atoms with Crippen molar-refractivity contribution in [3.8, 4) is 17.1 Å². The summed E-state index contributed by atoms with van der Waals surface area (Å²) in [5.74, 6) is 1.72. The van der Waals surface area contributed by atoms with Crippen molar-refractivity contribution >= 4 is 11.2 Å². The second kappa shape index (κ2) is 9.98. The smallest absolute Gasteiger partial charge is 0.330 e. The van der Waals surface area contributed by atoms with E-state index in [2.05, 4.69) is 27.3 Å². The highest BCUT2D eigenvalue weighted by Crippen LogP contribution is 2.20. The summed E-state index contributed by atoms with van der Waals surface area (Å²) in [5, 5.41) is 12.9. The van der Waals surface area contributed by atoms with E-state index in [1.165, 1.54) is 9.36 Å². The zero-order valence-corrected chi connectivity index (χ0v) is 20.1. The van der Waals surface area contributed by atoms with Crippen molar-refractivity contribution in [2.24, 2.45) is 0 Å². The minimum Gasteiger partial charge on any atom is -0.497 e. The van der Waals surface area contributed by atoms with Gasteiger partial charge in [0.1, 0.15) is 18.1 Å². The third-order valence-electron chi connectivity index (χ3n) is 5.95. The Bertz CT molecular complexity index is 1610. The summed E-state index contributed by atoms with van der Waals surface area (Å²) in [4.78, 5) is 34.3. The van der Waals surface area contributed by atoms with E-state index in [1.807, 2.05) is 59.2 Å². The number of aromatic nitrogens is 8. The van der Waals surface area contributed by atoms with Gasteiger partial charge < -0.3 is 9.30 Å². The van der Waals surface area contributed by atoms with E-state index in [0.29, 0.717) is 41.7 Å². The largest absolute Gasteiger partial charge is 0.497 e. The third-order valence-corrected chi connectivity index (χ3v) is 5.95. The molecule has 0 amide bonds. The van der Waals surface area contributed by atoms with Gasteiger partial charge in [-0.05, 0) is 29.3 Å². The molecule has 0 fully saturated rings. The molecule has 11 heteroatoms. The zero-order chi connectivity index (χ0) is 25.1. The molecule has 3 aromatic heterocycles. The van der Waals surface area contributed by atoms with Crippen molar-refractivity contribution in [1.82, 2.24) is 39.3 Å². The topological polar surface area (TPSA) is 126 Å². The number of tetrazole rings is 1. The van der Waals surface area contributed by atoms with Gasteiger partial charge in [0.25, 0.3) is 5.56 Å². The van der Waals surface area contributed by atoms with Crippen molar-refractivity contribution in [2.45, 2.75) is 39.4 Å². The van der Waals surface area contributed by atoms with Crippen LogP contribution < -0.4 is 16.0 Å². The summed E-state index contributed by atoms with van der Waals surface area (Å²) in [7, 11) is 1.60. The number of hydrogen-bond acceptors (Lipinski definition) is 7. The number of imidazole rings is 1. The number of fused-ring (bicyclic) bond motifs is 1. The van der Waals surface area contributed by atoms with Gasteiger partial charge in [0.2, 0.25) is 5.82 Å². The van der Waals surface area contributed by atoms with Crippen LogP contribution in [0.4, 0.5) is 0 Å². The van der Waals surface area contributed by atoms with Crippen LogP contribution in [0.3, 0.4) is 0 Å². The first-order valence-electron chi connectivity index (χ1n) is 11.8. The molecule has 0 atom stereocenters. The summed E-state index contributed by atoms with van der Waals surface area (Å²) in [5.41, 5.74) is 1.45. The highest BCUT2D eigenvalue weighted by molar-refractivity contribution is 5.71. The Morgan fingerprint density at radius 3 is 2.61 bits per heavy atom. The van der Waals surface area contributed by atoms with Gasteiger partial charge >= 0.3 is 5.69 Å². The molecule has 0 aliphatic carbocycles. The van der Waals surface area contributed by atoms with Crippen LogP contribution in [0.5, 0.6) is 5.75 Å². The monoisotopic (exact) mass is 486 g/mol. The molecule has 2 aromatic carbocycles. The molecule has 11 nitrogen and oxygen atoms in total. The van der Waals surface area contributed by atoms with Crippen LogP contribution in [-0.4, -0.2) is 46.4 Å². The fourth-order valence-electron chi connectivity index (χ4n) is 4.12. The van der Waals surface area contributed by atoms with E-state index in [0.717, 1.165) is 24.0 Å². The number of hydrogen-bond donors (Lipinski definition) is 1. The Balaban J connectivity index is 1.57. The SMILES string of the molecule is CCCCn1c(Cn2nnc(-c3cccc(OC)c3)n2)nc2c1c(=O)[nH]c(=O)n2Cc1ccccc1. The zero-order valence-electron chi connectivity index (χ0n) is 20.1. The second-order valence-electron chi connectivity index (χ2n) is 8.41. The number of unbranched alkanes of at least 4 members (excludes halogenated alkanes) is 1. The fourth-order valence-corrected chi connectivity index (χ4v) is 4.12. The molecule has 5 aromatic rings. The number of nitrogens with zero attached hydrogens (tertiary/aromatic N) is 7. The predicted octanol–water partition coefficient (Wildman–Crippen LogP) is 2.45. The van der Waals surface area contributed by atoms with Crippen molar-refractivity contribution < 1.29 is 4.74 Å². The quantitative estimate of drug-likeness (QED) is 0.339. The Morgan fingerprint density at radius 1 is 1.00 bits per heavy atom. The molecule has 36 heavy (non-hydrogen) atoms. The van der Waals surface area contributed by atoms with E-state index < -0.39 is 11.2 Å². The van der Waals surface area contributed by atoms with Gasteiger partial charge in [-0.3, -0.25) is 14.3 Å². The lowest BCUT2D eigenvalue weighted by Crippen LogP contribution is -2.31. The standard InChI is InChI=1S/C25H26N8O3/c1-3-4-13-31-20(16-33-29-22(28-30-33)18-11-8-12-19(14-18)36-2)26-23-21(31)24(34)27-25(35)32(23)15-17-9-6-5-7-10-17/h5-12,14H,3-4,13,15-16H2,1-2H3,(H,27,34,35). The molecule has 0 saturated carbocycles. The van der Waals surface area contributed by atoms with E-state index in [-0.39, 0.29) is 6.54 Å². The Morgan fingerprint density at radius 2 is 1.83 bits per heavy atom. The van der Waals surface area contributed by atoms with Crippen LogP contribution in [0, 0.1) is 0 Å². The van der Waals surface area contributed by atoms with Gasteiger partial charge in [0.15, 0.2) is 11.2 Å². The second-order valence-corrected chi connectivity index (χ2v) is 8.41. The van der Waals surface area contributed by atoms with E-state index in [1.54, 1.807) is 7.11 Å². The highest BCUT2D eigenvalue weighted by Gasteiger charge is 2.20. The molecule has 0 unspecified atom stereocenters. The normalized spacial score (nSPS) is 11.3. The van der Waals surface area contributed by atoms with Crippen molar-refractivity contribution in [2.75, 3.05) is 7.11 Å². The number of rotatable bonds is 9. The maximum absolute atomic E-state index is 12.9. The number of benzene rings is 2. The lowest BCUT2D eigenvalue weighted by molar-refractivity contribution is 0.415. The summed E-state index contributed by atoms with van der Waals surface area (Å²) < 4.78 is 8.63. The van der Waals surface area contributed by atoms with E-state index >= 15 is 0 Å². The molecule has 0 radical (unpaired) electrons. The van der Waals surface area contributed by atoms with Gasteiger partial charge in [-0.1, -0.05) is 55.8 Å². The molecule has 5 rings (SSSR count). The summed E-state index contributed by atoms with van der Waals surface area (Å²) in [6.07, 6.45) is 1.78. The van der Waals surface area contributed by atoms with E-state index in [9.17, 15) is 9.59 Å². The van der Waals surface area contributed by atoms with Crippen LogP contribution in [-0.2, 0) is 19.6 Å². The first kappa shape index (κ1) is 23.2. The third kappa shape index (κ3) is 4.54. The minimum absolute atomic E-state index is 0.189. The van der Waals surface area contributed by atoms with Gasteiger partial charge in [0, 0.05) is 12.1 Å². The van der Waals surface area contributed by atoms with Crippen molar-refractivity contribution in [3.63, 3.8) is 0 Å². The van der Waals surface area contributed by atoms with E-state index in [4.69, 9.17) is 9.72 Å². The first-order chi connectivity index (χ1) is 17.6. The van der Waals surface area contributed by atoms with Crippen LogP contribution >= 0.6 is 0 Å². The lowest BCUT2D eigenvalue weighted by Gasteiger charge is -2.08. The molecule has 0 bridgehead atoms. The minimum atomic E-state index is -0.498. The molecular weight excluding hydrogens is 460 g/mol. The predicted molar refractivity (Wildman–Crippen MR) is 134 cm³/mol. The Kier molecular flexibility index (Phi) is 6.44. The molecule has 0 saturated heterocycles. The maximum atomic E-state index is 12.9. The number of ether oxygens (including phenoxy) is 1. The Hall–Kier alpha value is -4.54. The molecule has 0 spiro atoms. The molecular formula is C25H26N8O3. The average Bonchev–Trinajstić information content (AvgIpc) is 3.51. The molecule has 1 N–H and O–H groups in total.